The standard InChI is InChI=1S/C10H10N2O5/c1-17-10-5-8(10)7-3-2-6(11(13)14)4-9(7)12(15)16/h2-4,8,10H,5H2,1H3/t8-,10+/m0/s1. The Morgan fingerprint density at radius 3 is 2.47 bits per heavy atom. The molecule has 1 aromatic rings. The Bertz CT molecular complexity index is 488. The van der Waals surface area contributed by atoms with Crippen LogP contribution in [0.3, 0.4) is 0 Å². The summed E-state index contributed by atoms with van der Waals surface area (Å²) >= 11 is 0. The molecule has 1 aromatic carbocycles. The molecule has 17 heavy (non-hydrogen) atoms. The van der Waals surface area contributed by atoms with Crippen LogP contribution in [0.4, 0.5) is 11.4 Å². The summed E-state index contributed by atoms with van der Waals surface area (Å²) in [7, 11) is 1.54. The van der Waals surface area contributed by atoms with Gasteiger partial charge in [0.15, 0.2) is 0 Å². The van der Waals surface area contributed by atoms with Crippen molar-refractivity contribution in [3.05, 3.63) is 44.0 Å². The highest BCUT2D eigenvalue weighted by atomic mass is 16.6. The molecule has 0 N–H and O–H groups in total. The second kappa shape index (κ2) is 4.10. The molecule has 0 radical (unpaired) electrons. The van der Waals surface area contributed by atoms with Gasteiger partial charge in [-0.1, -0.05) is 0 Å². The van der Waals surface area contributed by atoms with Gasteiger partial charge in [-0.15, -0.1) is 0 Å². The predicted octanol–water partition coefficient (Wildman–Crippen LogP) is 2.01. The zero-order chi connectivity index (χ0) is 12.6. The number of nitro benzene ring substituents is 2. The summed E-state index contributed by atoms with van der Waals surface area (Å²) < 4.78 is 5.08. The Hall–Kier alpha value is -2.02. The van der Waals surface area contributed by atoms with Crippen LogP contribution in [0.15, 0.2) is 18.2 Å². The van der Waals surface area contributed by atoms with E-state index < -0.39 is 9.85 Å². The molecule has 0 aromatic heterocycles. The van der Waals surface area contributed by atoms with Crippen LogP contribution in [0, 0.1) is 20.2 Å². The number of nitro groups is 2. The van der Waals surface area contributed by atoms with E-state index in [0.29, 0.717) is 5.56 Å². The van der Waals surface area contributed by atoms with Gasteiger partial charge in [-0.3, -0.25) is 20.2 Å². The van der Waals surface area contributed by atoms with Crippen LogP contribution in [-0.2, 0) is 4.74 Å². The van der Waals surface area contributed by atoms with Crippen molar-refractivity contribution in [3.8, 4) is 0 Å². The van der Waals surface area contributed by atoms with Crippen molar-refractivity contribution in [3.63, 3.8) is 0 Å². The van der Waals surface area contributed by atoms with E-state index in [9.17, 15) is 20.2 Å². The molecule has 2 rings (SSSR count). The Morgan fingerprint density at radius 2 is 2.00 bits per heavy atom. The number of benzene rings is 1. The van der Waals surface area contributed by atoms with Crippen molar-refractivity contribution < 1.29 is 14.6 Å². The number of methoxy groups -OCH3 is 1. The summed E-state index contributed by atoms with van der Waals surface area (Å²) in [5.74, 6) is -0.0267. The van der Waals surface area contributed by atoms with Crippen LogP contribution in [0.5, 0.6) is 0 Å². The molecular weight excluding hydrogens is 228 g/mol. The minimum atomic E-state index is -0.641. The van der Waals surface area contributed by atoms with E-state index in [1.54, 1.807) is 7.11 Å². The summed E-state index contributed by atoms with van der Waals surface area (Å²) in [5, 5.41) is 21.4. The maximum Gasteiger partial charge on any atom is 0.279 e. The first-order valence-corrected chi connectivity index (χ1v) is 5.00. The highest BCUT2D eigenvalue weighted by Gasteiger charge is 2.42. The molecule has 0 amide bonds. The maximum absolute atomic E-state index is 10.9. The van der Waals surface area contributed by atoms with Crippen molar-refractivity contribution in [2.75, 3.05) is 7.11 Å². The molecule has 1 aliphatic carbocycles. The van der Waals surface area contributed by atoms with Crippen LogP contribution in [-0.4, -0.2) is 23.1 Å². The summed E-state index contributed by atoms with van der Waals surface area (Å²) in [6.07, 6.45) is 0.699. The van der Waals surface area contributed by atoms with E-state index in [2.05, 4.69) is 0 Å². The molecule has 2 atom stereocenters. The van der Waals surface area contributed by atoms with Crippen LogP contribution < -0.4 is 0 Å². The third-order valence-electron chi connectivity index (χ3n) is 2.86. The van der Waals surface area contributed by atoms with Gasteiger partial charge in [-0.2, -0.15) is 0 Å². The van der Waals surface area contributed by atoms with E-state index >= 15 is 0 Å². The number of hydrogen-bond acceptors (Lipinski definition) is 5. The monoisotopic (exact) mass is 238 g/mol. The molecule has 0 heterocycles. The van der Waals surface area contributed by atoms with Gasteiger partial charge in [0.2, 0.25) is 0 Å². The number of rotatable bonds is 4. The van der Waals surface area contributed by atoms with Crippen molar-refractivity contribution in [1.29, 1.82) is 0 Å². The second-order valence-corrected chi connectivity index (χ2v) is 3.87. The molecule has 7 heteroatoms. The third kappa shape index (κ3) is 2.09. The lowest BCUT2D eigenvalue weighted by Crippen LogP contribution is -1.99. The normalized spacial score (nSPS) is 22.2. The van der Waals surface area contributed by atoms with E-state index in [1.807, 2.05) is 0 Å². The summed E-state index contributed by atoms with van der Waals surface area (Å²) in [6.45, 7) is 0. The Labute approximate surface area is 96.3 Å². The number of non-ortho nitro benzene ring substituents is 1. The zero-order valence-corrected chi connectivity index (χ0v) is 9.03. The molecule has 0 bridgehead atoms. The first-order valence-electron chi connectivity index (χ1n) is 5.00. The van der Waals surface area contributed by atoms with Crippen LogP contribution >= 0.6 is 0 Å². The smallest absolute Gasteiger partial charge is 0.279 e. The fourth-order valence-electron chi connectivity index (χ4n) is 1.88. The molecule has 1 fully saturated rings. The molecule has 1 aliphatic rings. The van der Waals surface area contributed by atoms with Crippen LogP contribution in [0.25, 0.3) is 0 Å². The molecule has 0 saturated heterocycles. The topological polar surface area (TPSA) is 95.5 Å². The molecule has 0 spiro atoms. The van der Waals surface area contributed by atoms with Crippen LogP contribution in [0.1, 0.15) is 17.9 Å². The Balaban J connectivity index is 2.39. The van der Waals surface area contributed by atoms with Gasteiger partial charge in [-0.25, -0.2) is 0 Å². The van der Waals surface area contributed by atoms with Gasteiger partial charge < -0.3 is 4.74 Å². The summed E-state index contributed by atoms with van der Waals surface area (Å²) in [6, 6.07) is 3.73. The van der Waals surface area contributed by atoms with Gasteiger partial charge >= 0.3 is 0 Å². The van der Waals surface area contributed by atoms with Gasteiger partial charge in [0.25, 0.3) is 11.4 Å². The zero-order valence-electron chi connectivity index (χ0n) is 9.03. The average Bonchev–Trinajstić information content (AvgIpc) is 3.07. The van der Waals surface area contributed by atoms with Crippen molar-refractivity contribution >= 4 is 11.4 Å². The fraction of sp³-hybridized carbons (Fsp3) is 0.400. The molecule has 0 aliphatic heterocycles. The largest absolute Gasteiger partial charge is 0.381 e. The minimum Gasteiger partial charge on any atom is -0.381 e. The fourth-order valence-corrected chi connectivity index (χ4v) is 1.88. The average molecular weight is 238 g/mol. The maximum atomic E-state index is 10.9. The highest BCUT2D eigenvalue weighted by molar-refractivity contribution is 5.52. The first kappa shape index (κ1) is 11.5. The summed E-state index contributed by atoms with van der Waals surface area (Å²) in [5.41, 5.74) is 0.0336. The number of nitrogens with zero attached hydrogens (tertiary/aromatic N) is 2. The Morgan fingerprint density at radius 1 is 1.29 bits per heavy atom. The molecule has 0 unspecified atom stereocenters. The van der Waals surface area contributed by atoms with E-state index in [1.165, 1.54) is 12.1 Å². The van der Waals surface area contributed by atoms with E-state index in [4.69, 9.17) is 4.74 Å². The van der Waals surface area contributed by atoms with Gasteiger partial charge in [-0.05, 0) is 12.5 Å². The molecule has 1 saturated carbocycles. The lowest BCUT2D eigenvalue weighted by atomic mass is 10.1. The second-order valence-electron chi connectivity index (χ2n) is 3.87. The summed E-state index contributed by atoms with van der Waals surface area (Å²) in [4.78, 5) is 20.2. The quantitative estimate of drug-likeness (QED) is 0.590. The van der Waals surface area contributed by atoms with Crippen molar-refractivity contribution in [2.24, 2.45) is 0 Å². The SMILES string of the molecule is CO[C@@H]1C[C@H]1c1ccc([N+](=O)[O-])cc1[N+](=O)[O-]. The van der Waals surface area contributed by atoms with Gasteiger partial charge in [0, 0.05) is 24.7 Å². The van der Waals surface area contributed by atoms with Crippen molar-refractivity contribution in [1.82, 2.24) is 0 Å². The van der Waals surface area contributed by atoms with E-state index in [-0.39, 0.29) is 23.4 Å². The number of ether oxygens (including phenoxy) is 1. The lowest BCUT2D eigenvalue weighted by Gasteiger charge is -2.01. The van der Waals surface area contributed by atoms with Crippen molar-refractivity contribution in [2.45, 2.75) is 18.4 Å². The first-order chi connectivity index (χ1) is 8.04. The predicted molar refractivity (Wildman–Crippen MR) is 57.9 cm³/mol. The Kier molecular flexibility index (Phi) is 2.76. The van der Waals surface area contributed by atoms with Gasteiger partial charge in [0.1, 0.15) is 0 Å². The molecule has 90 valence electrons. The van der Waals surface area contributed by atoms with Gasteiger partial charge in [0.05, 0.1) is 22.0 Å². The lowest BCUT2D eigenvalue weighted by molar-refractivity contribution is -0.394. The van der Waals surface area contributed by atoms with Crippen LogP contribution in [0.2, 0.25) is 0 Å². The molecule has 7 nitrogen and oxygen atoms in total. The molecular formula is C10H10N2O5. The third-order valence-corrected chi connectivity index (χ3v) is 2.86. The van der Waals surface area contributed by atoms with E-state index in [0.717, 1.165) is 12.5 Å². The number of hydrogen-bond donors (Lipinski definition) is 0. The highest BCUT2D eigenvalue weighted by Crippen LogP contribution is 2.46. The minimum absolute atomic E-state index is 0.0184.